The average molecular weight is 290 g/mol. The highest BCUT2D eigenvalue weighted by Gasteiger charge is 2.21. The summed E-state index contributed by atoms with van der Waals surface area (Å²) in [5.41, 5.74) is 8.37. The van der Waals surface area contributed by atoms with Gasteiger partial charge in [-0.15, -0.1) is 0 Å². The van der Waals surface area contributed by atoms with Crippen LogP contribution in [-0.2, 0) is 4.79 Å². The monoisotopic (exact) mass is 290 g/mol. The number of benzene rings is 1. The number of anilines is 2. The van der Waals surface area contributed by atoms with Crippen LogP contribution in [0.15, 0.2) is 18.2 Å². The van der Waals surface area contributed by atoms with Crippen molar-refractivity contribution in [2.24, 2.45) is 0 Å². The molecule has 2 rings (SSSR count). The summed E-state index contributed by atoms with van der Waals surface area (Å²) in [6.45, 7) is 7.63. The molecule has 0 bridgehead atoms. The largest absolute Gasteiger partial charge is 0.398 e. The van der Waals surface area contributed by atoms with Crippen molar-refractivity contribution >= 4 is 17.3 Å². The van der Waals surface area contributed by atoms with Gasteiger partial charge in [-0.25, -0.2) is 0 Å². The Morgan fingerprint density at radius 1 is 1.43 bits per heavy atom. The Hall–Kier alpha value is -1.59. The number of rotatable bonds is 3. The number of likely N-dealkylation sites (N-methyl/N-ethyl adjacent to an activating group) is 1. The Kier molecular flexibility index (Phi) is 5.20. The number of aryl methyl sites for hydroxylation is 1. The molecule has 5 heteroatoms. The number of hydrogen-bond acceptors (Lipinski definition) is 4. The molecule has 1 amide bonds. The Balaban J connectivity index is 1.92. The van der Waals surface area contributed by atoms with Crippen LogP contribution in [0.4, 0.5) is 11.4 Å². The molecule has 1 aliphatic rings. The Bertz CT molecular complexity index is 503. The molecule has 1 atom stereocenters. The molecule has 0 aromatic heterocycles. The molecule has 1 aromatic rings. The first-order valence-electron chi connectivity index (χ1n) is 7.54. The van der Waals surface area contributed by atoms with Crippen molar-refractivity contribution < 1.29 is 4.79 Å². The van der Waals surface area contributed by atoms with E-state index < -0.39 is 0 Å². The molecule has 116 valence electrons. The first kappa shape index (κ1) is 15.8. The summed E-state index contributed by atoms with van der Waals surface area (Å²) >= 11 is 0. The minimum atomic E-state index is 0.0228. The van der Waals surface area contributed by atoms with Crippen LogP contribution in [0.5, 0.6) is 0 Å². The Morgan fingerprint density at radius 2 is 2.19 bits per heavy atom. The number of nitrogens with one attached hydrogen (secondary N) is 1. The summed E-state index contributed by atoms with van der Waals surface area (Å²) in [7, 11) is 2.13. The van der Waals surface area contributed by atoms with Gasteiger partial charge >= 0.3 is 0 Å². The van der Waals surface area contributed by atoms with E-state index in [2.05, 4.69) is 29.1 Å². The van der Waals surface area contributed by atoms with Gasteiger partial charge in [-0.3, -0.25) is 9.69 Å². The summed E-state index contributed by atoms with van der Waals surface area (Å²) in [6.07, 6.45) is 1.10. The second kappa shape index (κ2) is 6.91. The zero-order valence-corrected chi connectivity index (χ0v) is 13.2. The van der Waals surface area contributed by atoms with Crippen molar-refractivity contribution in [1.82, 2.24) is 9.80 Å². The highest BCUT2D eigenvalue weighted by Crippen LogP contribution is 2.17. The van der Waals surface area contributed by atoms with E-state index in [0.717, 1.165) is 37.3 Å². The first-order chi connectivity index (χ1) is 9.95. The van der Waals surface area contributed by atoms with Crippen molar-refractivity contribution in [3.05, 3.63) is 23.8 Å². The lowest BCUT2D eigenvalue weighted by molar-refractivity contribution is -0.117. The Morgan fingerprint density at radius 3 is 2.90 bits per heavy atom. The van der Waals surface area contributed by atoms with Crippen LogP contribution in [0.25, 0.3) is 0 Å². The zero-order valence-electron chi connectivity index (χ0n) is 13.2. The predicted octanol–water partition coefficient (Wildman–Crippen LogP) is 1.54. The second-order valence-corrected chi connectivity index (χ2v) is 6.05. The van der Waals surface area contributed by atoms with Gasteiger partial charge in [0.05, 0.1) is 6.54 Å². The standard InChI is InChI=1S/C16H26N4O/c1-12-5-6-14(9-15(12)17)18-16(21)11-20-8-4-7-19(3)10-13(20)2/h5-6,9,13H,4,7-8,10-11,17H2,1-3H3,(H,18,21). The van der Waals surface area contributed by atoms with Crippen molar-refractivity contribution in [3.8, 4) is 0 Å². The summed E-state index contributed by atoms with van der Waals surface area (Å²) in [5.74, 6) is 0.0228. The van der Waals surface area contributed by atoms with Crippen LogP contribution in [0, 0.1) is 6.92 Å². The Labute approximate surface area is 127 Å². The van der Waals surface area contributed by atoms with E-state index in [1.165, 1.54) is 0 Å². The third-order valence-corrected chi connectivity index (χ3v) is 4.09. The number of carbonyl (C=O) groups is 1. The van der Waals surface area contributed by atoms with Crippen LogP contribution in [-0.4, -0.2) is 55.0 Å². The molecular formula is C16H26N4O. The van der Waals surface area contributed by atoms with Gasteiger partial charge in [0.1, 0.15) is 0 Å². The minimum Gasteiger partial charge on any atom is -0.398 e. The number of nitrogen functional groups attached to an aromatic ring is 1. The van der Waals surface area contributed by atoms with Gasteiger partial charge < -0.3 is 16.0 Å². The zero-order chi connectivity index (χ0) is 15.4. The first-order valence-corrected chi connectivity index (χ1v) is 7.54. The summed E-state index contributed by atoms with van der Waals surface area (Å²) in [4.78, 5) is 16.8. The lowest BCUT2D eigenvalue weighted by Gasteiger charge is -2.27. The molecule has 0 aliphatic carbocycles. The second-order valence-electron chi connectivity index (χ2n) is 6.05. The van der Waals surface area contributed by atoms with Gasteiger partial charge in [-0.1, -0.05) is 6.07 Å². The van der Waals surface area contributed by atoms with E-state index in [-0.39, 0.29) is 5.91 Å². The molecular weight excluding hydrogens is 264 g/mol. The van der Waals surface area contributed by atoms with Crippen molar-refractivity contribution in [2.75, 3.05) is 44.3 Å². The topological polar surface area (TPSA) is 61.6 Å². The highest BCUT2D eigenvalue weighted by atomic mass is 16.2. The SMILES string of the molecule is Cc1ccc(NC(=O)CN2CCCN(C)CC2C)cc1N. The molecule has 0 spiro atoms. The van der Waals surface area contributed by atoms with E-state index in [0.29, 0.717) is 18.3 Å². The van der Waals surface area contributed by atoms with Gasteiger partial charge in [0.15, 0.2) is 0 Å². The fraction of sp³-hybridized carbons (Fsp3) is 0.562. The number of nitrogens with zero attached hydrogens (tertiary/aromatic N) is 2. The molecule has 21 heavy (non-hydrogen) atoms. The molecule has 0 saturated carbocycles. The number of amides is 1. The molecule has 1 aliphatic heterocycles. The fourth-order valence-electron chi connectivity index (χ4n) is 2.76. The van der Waals surface area contributed by atoms with E-state index in [1.54, 1.807) is 0 Å². The van der Waals surface area contributed by atoms with Gasteiger partial charge in [0, 0.05) is 30.5 Å². The predicted molar refractivity (Wildman–Crippen MR) is 87.4 cm³/mol. The summed E-state index contributed by atoms with van der Waals surface area (Å²) in [5, 5.41) is 2.94. The average Bonchev–Trinajstić information content (AvgIpc) is 2.56. The number of nitrogens with two attached hydrogens (primary N) is 1. The third-order valence-electron chi connectivity index (χ3n) is 4.09. The molecule has 1 fully saturated rings. The molecule has 1 heterocycles. The van der Waals surface area contributed by atoms with Gasteiger partial charge in [0.25, 0.3) is 0 Å². The van der Waals surface area contributed by atoms with E-state index in [9.17, 15) is 4.79 Å². The summed E-state index contributed by atoms with van der Waals surface area (Å²) < 4.78 is 0. The van der Waals surface area contributed by atoms with Gasteiger partial charge in [0.2, 0.25) is 5.91 Å². The molecule has 1 aromatic carbocycles. The minimum absolute atomic E-state index is 0.0228. The third kappa shape index (κ3) is 4.44. The molecule has 1 saturated heterocycles. The van der Waals surface area contributed by atoms with Crippen LogP contribution in [0.3, 0.4) is 0 Å². The van der Waals surface area contributed by atoms with Crippen LogP contribution < -0.4 is 11.1 Å². The van der Waals surface area contributed by atoms with Crippen molar-refractivity contribution in [2.45, 2.75) is 26.3 Å². The maximum Gasteiger partial charge on any atom is 0.238 e. The molecule has 1 unspecified atom stereocenters. The van der Waals surface area contributed by atoms with Crippen LogP contribution in [0.1, 0.15) is 18.9 Å². The van der Waals surface area contributed by atoms with Crippen LogP contribution in [0.2, 0.25) is 0 Å². The van der Waals surface area contributed by atoms with Crippen molar-refractivity contribution in [1.29, 1.82) is 0 Å². The van der Waals surface area contributed by atoms with E-state index in [4.69, 9.17) is 5.73 Å². The fourth-order valence-corrected chi connectivity index (χ4v) is 2.76. The number of carbonyl (C=O) groups excluding carboxylic acids is 1. The highest BCUT2D eigenvalue weighted by molar-refractivity contribution is 5.92. The van der Waals surface area contributed by atoms with E-state index >= 15 is 0 Å². The van der Waals surface area contributed by atoms with E-state index in [1.807, 2.05) is 25.1 Å². The van der Waals surface area contributed by atoms with Gasteiger partial charge in [-0.2, -0.15) is 0 Å². The molecule has 0 radical (unpaired) electrons. The quantitative estimate of drug-likeness (QED) is 0.829. The lowest BCUT2D eigenvalue weighted by Crippen LogP contribution is -2.42. The maximum absolute atomic E-state index is 12.2. The molecule has 3 N–H and O–H groups in total. The molecule has 5 nitrogen and oxygen atoms in total. The number of hydrogen-bond donors (Lipinski definition) is 2. The van der Waals surface area contributed by atoms with Crippen LogP contribution >= 0.6 is 0 Å². The van der Waals surface area contributed by atoms with Crippen molar-refractivity contribution in [3.63, 3.8) is 0 Å². The normalized spacial score (nSPS) is 21.0. The summed E-state index contributed by atoms with van der Waals surface area (Å²) in [6, 6.07) is 6.02. The van der Waals surface area contributed by atoms with Gasteiger partial charge in [-0.05, 0) is 51.6 Å². The lowest BCUT2D eigenvalue weighted by atomic mass is 10.2. The smallest absolute Gasteiger partial charge is 0.238 e. The maximum atomic E-state index is 12.2.